The summed E-state index contributed by atoms with van der Waals surface area (Å²) in [5.41, 5.74) is -5.37. The lowest BCUT2D eigenvalue weighted by Gasteiger charge is -2.62. The average molecular weight is 791 g/mol. The molecular weight excluding hydrogens is 739 g/mol. The Morgan fingerprint density at radius 2 is 1.70 bits per heavy atom. The number of allylic oxidation sites excluding steroid dienone is 4. The van der Waals surface area contributed by atoms with Crippen molar-refractivity contribution in [3.8, 4) is 5.75 Å². The Bertz CT molecular complexity index is 1980. The lowest BCUT2D eigenvalue weighted by Crippen LogP contribution is -2.70. The molecule has 3 saturated carbocycles. The van der Waals surface area contributed by atoms with Gasteiger partial charge in [0, 0.05) is 36.3 Å². The molecular formula is C42H51FN4O10. The summed E-state index contributed by atoms with van der Waals surface area (Å²) in [5, 5.41) is 31.6. The van der Waals surface area contributed by atoms with E-state index in [1.807, 2.05) is 6.92 Å². The summed E-state index contributed by atoms with van der Waals surface area (Å²) < 4.78 is 23.1. The Morgan fingerprint density at radius 3 is 2.42 bits per heavy atom. The lowest BCUT2D eigenvalue weighted by molar-refractivity contribution is -0.219. The molecule has 15 heteroatoms. The number of alkyl halides is 1. The zero-order chi connectivity index (χ0) is 41.1. The largest absolute Gasteiger partial charge is 0.483 e. The maximum Gasteiger partial charge on any atom is 0.266 e. The van der Waals surface area contributed by atoms with Gasteiger partial charge in [-0.1, -0.05) is 44.4 Å². The highest BCUT2D eigenvalue weighted by atomic mass is 19.1. The third kappa shape index (κ3) is 6.32. The molecule has 0 spiro atoms. The van der Waals surface area contributed by atoms with Gasteiger partial charge in [0.25, 0.3) is 23.6 Å². The van der Waals surface area contributed by atoms with Gasteiger partial charge >= 0.3 is 0 Å². The first kappa shape index (κ1) is 40.4. The molecule has 1 saturated heterocycles. The molecule has 9 atom stereocenters. The summed E-state index contributed by atoms with van der Waals surface area (Å²) in [4.78, 5) is 89.5. The maximum absolute atomic E-state index is 17.4. The predicted molar refractivity (Wildman–Crippen MR) is 201 cm³/mol. The summed E-state index contributed by atoms with van der Waals surface area (Å²) >= 11 is 0. The number of hydrogen-bond acceptors (Lipinski definition) is 10. The molecule has 1 aromatic carbocycles. The fraction of sp³-hybridized carbons (Fsp3) is 0.595. The number of aliphatic hydroxyl groups is 2. The molecule has 1 aromatic rings. The van der Waals surface area contributed by atoms with E-state index < -0.39 is 88.1 Å². The van der Waals surface area contributed by atoms with Gasteiger partial charge in [0.2, 0.25) is 11.8 Å². The fourth-order valence-corrected chi connectivity index (χ4v) is 11.0. The number of imide groups is 2. The van der Waals surface area contributed by atoms with E-state index in [0.717, 1.165) is 17.7 Å². The van der Waals surface area contributed by atoms with Gasteiger partial charge in [0.05, 0.1) is 17.2 Å². The van der Waals surface area contributed by atoms with E-state index >= 15 is 4.39 Å². The van der Waals surface area contributed by atoms with Crippen LogP contribution in [-0.4, -0.2) is 99.5 Å². The smallest absolute Gasteiger partial charge is 0.266 e. The minimum absolute atomic E-state index is 0.00530. The van der Waals surface area contributed by atoms with E-state index in [0.29, 0.717) is 50.8 Å². The normalized spacial score (nSPS) is 35.5. The highest BCUT2D eigenvalue weighted by molar-refractivity contribution is 6.24. The van der Waals surface area contributed by atoms with Crippen molar-refractivity contribution in [2.45, 2.75) is 108 Å². The fourth-order valence-electron chi connectivity index (χ4n) is 11.0. The van der Waals surface area contributed by atoms with Gasteiger partial charge in [0.15, 0.2) is 23.7 Å². The molecule has 0 radical (unpaired) electrons. The minimum atomic E-state index is -2.04. The molecule has 4 fully saturated rings. The second-order valence-corrected chi connectivity index (χ2v) is 17.1. The summed E-state index contributed by atoms with van der Waals surface area (Å²) in [5.74, 6) is -5.14. The minimum Gasteiger partial charge on any atom is -0.483 e. The standard InChI is InChI=1S/C42H51FN4O10/c1-23-19-28-27-12-11-24-20-25(48)15-16-39(24,2)41(27,43)31(49)21-40(28,3)42(23,56)38(55)45-18-7-5-4-6-17-44-33(51)22-57-30-10-8-9-26-34(30)37(54)47(36(26)53)29-13-14-32(50)46-35(29)52/h8-10,15-16,20,23,27-29,31,49,56H,4-7,11-14,17-19,21-22H2,1-3H3,(H,44,51)(H,45,55)(H,46,50,52)/t23-,27-,28-,29?,31-,39-,40-,41-,42-/m0/s1. The molecule has 0 aromatic heterocycles. The van der Waals surface area contributed by atoms with Crippen molar-refractivity contribution in [2.75, 3.05) is 19.7 Å². The van der Waals surface area contributed by atoms with E-state index in [-0.39, 0.29) is 47.8 Å². The number of piperidine rings is 1. The van der Waals surface area contributed by atoms with Crippen molar-refractivity contribution in [1.82, 2.24) is 20.9 Å². The highest BCUT2D eigenvalue weighted by Crippen LogP contribution is 2.70. The van der Waals surface area contributed by atoms with Gasteiger partial charge in [-0.3, -0.25) is 43.8 Å². The Labute approximate surface area is 330 Å². The first-order valence-corrected chi connectivity index (χ1v) is 20.0. The van der Waals surface area contributed by atoms with Crippen LogP contribution in [0.15, 0.2) is 42.0 Å². The first-order valence-electron chi connectivity index (χ1n) is 20.0. The van der Waals surface area contributed by atoms with Crippen LogP contribution in [0, 0.1) is 28.6 Å². The molecule has 5 N–H and O–H groups in total. The predicted octanol–water partition coefficient (Wildman–Crippen LogP) is 2.61. The monoisotopic (exact) mass is 790 g/mol. The molecule has 6 aliphatic rings. The molecule has 306 valence electrons. The van der Waals surface area contributed by atoms with E-state index in [4.69, 9.17) is 4.74 Å². The summed E-state index contributed by atoms with van der Waals surface area (Å²) in [6.45, 7) is 5.61. The Morgan fingerprint density at radius 1 is 0.982 bits per heavy atom. The zero-order valence-electron chi connectivity index (χ0n) is 32.5. The topological polar surface area (TPSA) is 209 Å². The van der Waals surface area contributed by atoms with Crippen LogP contribution in [0.1, 0.15) is 106 Å². The number of halogens is 1. The summed E-state index contributed by atoms with van der Waals surface area (Å²) in [6, 6.07) is 3.29. The number of benzene rings is 1. The van der Waals surface area contributed by atoms with Crippen LogP contribution in [0.2, 0.25) is 0 Å². The number of ether oxygens (including phenoxy) is 1. The molecule has 2 aliphatic heterocycles. The molecule has 4 aliphatic carbocycles. The highest BCUT2D eigenvalue weighted by Gasteiger charge is 2.75. The van der Waals surface area contributed by atoms with Crippen molar-refractivity contribution in [1.29, 1.82) is 0 Å². The number of rotatable bonds is 12. The number of nitrogens with zero attached hydrogens (tertiary/aromatic N) is 1. The lowest BCUT2D eigenvalue weighted by atomic mass is 9.44. The molecule has 7 rings (SSSR count). The molecule has 0 bridgehead atoms. The second-order valence-electron chi connectivity index (χ2n) is 17.1. The zero-order valence-corrected chi connectivity index (χ0v) is 32.5. The third-order valence-corrected chi connectivity index (χ3v) is 14.1. The van der Waals surface area contributed by atoms with Crippen molar-refractivity contribution >= 4 is 41.2 Å². The number of ketones is 1. The summed E-state index contributed by atoms with van der Waals surface area (Å²) in [7, 11) is 0. The number of aliphatic hydroxyl groups excluding tert-OH is 1. The third-order valence-electron chi connectivity index (χ3n) is 14.1. The number of unbranched alkanes of at least 4 members (excludes halogenated alkanes) is 3. The van der Waals surface area contributed by atoms with Crippen LogP contribution in [0.3, 0.4) is 0 Å². The van der Waals surface area contributed by atoms with Crippen LogP contribution in [-0.2, 0) is 24.0 Å². The van der Waals surface area contributed by atoms with Gasteiger partial charge in [-0.2, -0.15) is 0 Å². The first-order chi connectivity index (χ1) is 27.0. The Balaban J connectivity index is 0.847. The number of fused-ring (bicyclic) bond motifs is 6. The van der Waals surface area contributed by atoms with E-state index in [1.54, 1.807) is 19.9 Å². The van der Waals surface area contributed by atoms with E-state index in [9.17, 15) is 43.8 Å². The molecule has 2 heterocycles. The van der Waals surface area contributed by atoms with Gasteiger partial charge in [-0.15, -0.1) is 0 Å². The van der Waals surface area contributed by atoms with Crippen LogP contribution < -0.4 is 20.7 Å². The van der Waals surface area contributed by atoms with Crippen molar-refractivity contribution in [2.24, 2.45) is 28.6 Å². The summed E-state index contributed by atoms with van der Waals surface area (Å²) in [6.07, 6.45) is 7.01. The SMILES string of the molecule is C[C@H]1C[C@H]2[C@@H]3CCC4=CC(=O)C=C[C@]4(C)[C@@]3(F)[C@@H](O)C[C@]2(C)[C@@]1(O)C(=O)NCCCCCCNC(=O)COc1cccc2c1C(=O)N(C1CCC(=O)NC1=O)C2=O. The second kappa shape index (κ2) is 14.9. The van der Waals surface area contributed by atoms with E-state index in [2.05, 4.69) is 16.0 Å². The number of carbonyl (C=O) groups is 7. The quantitative estimate of drug-likeness (QED) is 0.155. The number of amides is 6. The van der Waals surface area contributed by atoms with Gasteiger partial charge in [-0.25, -0.2) is 4.39 Å². The van der Waals surface area contributed by atoms with Crippen molar-refractivity contribution in [3.05, 3.63) is 53.1 Å². The Kier molecular flexibility index (Phi) is 10.6. The van der Waals surface area contributed by atoms with Crippen molar-refractivity contribution < 1.29 is 52.9 Å². The Hall–Kier alpha value is -4.76. The molecule has 57 heavy (non-hydrogen) atoms. The number of hydrogen-bond donors (Lipinski definition) is 5. The maximum atomic E-state index is 17.4. The van der Waals surface area contributed by atoms with Crippen LogP contribution in [0.4, 0.5) is 4.39 Å². The number of carbonyl (C=O) groups excluding carboxylic acids is 7. The van der Waals surface area contributed by atoms with Crippen molar-refractivity contribution in [3.63, 3.8) is 0 Å². The average Bonchev–Trinajstić information content (AvgIpc) is 3.54. The van der Waals surface area contributed by atoms with Gasteiger partial charge < -0.3 is 25.6 Å². The van der Waals surface area contributed by atoms with Crippen LogP contribution >= 0.6 is 0 Å². The van der Waals surface area contributed by atoms with E-state index in [1.165, 1.54) is 30.4 Å². The van der Waals surface area contributed by atoms with Crippen LogP contribution in [0.25, 0.3) is 0 Å². The number of nitrogens with one attached hydrogen (secondary N) is 3. The van der Waals surface area contributed by atoms with Crippen LogP contribution in [0.5, 0.6) is 5.75 Å². The van der Waals surface area contributed by atoms with Gasteiger partial charge in [0.1, 0.15) is 11.8 Å². The molecule has 14 nitrogen and oxygen atoms in total. The van der Waals surface area contributed by atoms with Gasteiger partial charge in [-0.05, 0) is 88.0 Å². The molecule has 6 amide bonds. The molecule has 1 unspecified atom stereocenters.